The molecule has 1 aromatic carbocycles. The minimum absolute atomic E-state index is 0.0685. The minimum Gasteiger partial charge on any atom is -0.490 e. The van der Waals surface area contributed by atoms with Crippen molar-refractivity contribution < 1.29 is 23.5 Å². The standard InChI is InChI=1S/C22H26FN5O4S2/c1-31-21(33)5-3-16-14-27(22(30)32-16)15-2-4-18(17(23)12-15)26-8-6-25-28(10-9-26)20(29)13-19-24-7-11-34-19/h2,4,7,11-12,16,25H,3,5-6,8-10,13-14H2,1H3/t16-/m0/s1. The largest absolute Gasteiger partial charge is 0.490 e. The summed E-state index contributed by atoms with van der Waals surface area (Å²) in [5.74, 6) is -0.502. The van der Waals surface area contributed by atoms with Gasteiger partial charge in [-0.2, -0.15) is 0 Å². The van der Waals surface area contributed by atoms with Gasteiger partial charge in [-0.05, 0) is 36.8 Å². The van der Waals surface area contributed by atoms with Gasteiger partial charge in [0.2, 0.25) is 5.91 Å². The van der Waals surface area contributed by atoms with Crippen molar-refractivity contribution in [2.24, 2.45) is 0 Å². The van der Waals surface area contributed by atoms with Crippen molar-refractivity contribution >= 4 is 52.0 Å². The molecule has 2 saturated heterocycles. The van der Waals surface area contributed by atoms with Gasteiger partial charge in [0.05, 0.1) is 38.0 Å². The molecule has 0 aliphatic carbocycles. The van der Waals surface area contributed by atoms with E-state index < -0.39 is 11.9 Å². The molecule has 0 spiro atoms. The van der Waals surface area contributed by atoms with Crippen LogP contribution >= 0.6 is 23.6 Å². The first-order valence-corrected chi connectivity index (χ1v) is 12.2. The van der Waals surface area contributed by atoms with Crippen LogP contribution in [0.2, 0.25) is 0 Å². The summed E-state index contributed by atoms with van der Waals surface area (Å²) < 4.78 is 25.5. The van der Waals surface area contributed by atoms with Gasteiger partial charge >= 0.3 is 6.09 Å². The van der Waals surface area contributed by atoms with Crippen LogP contribution in [0, 0.1) is 5.82 Å². The molecule has 34 heavy (non-hydrogen) atoms. The number of carbonyl (C=O) groups is 2. The Morgan fingerprint density at radius 1 is 1.38 bits per heavy atom. The highest BCUT2D eigenvalue weighted by molar-refractivity contribution is 7.80. The van der Waals surface area contributed by atoms with E-state index in [2.05, 4.69) is 10.4 Å². The number of carbonyl (C=O) groups excluding carboxylic acids is 2. The van der Waals surface area contributed by atoms with E-state index in [0.717, 1.165) is 5.01 Å². The molecule has 0 radical (unpaired) electrons. The molecule has 0 unspecified atom stereocenters. The number of nitrogens with one attached hydrogen (secondary N) is 1. The third-order valence-electron chi connectivity index (χ3n) is 5.72. The lowest BCUT2D eigenvalue weighted by molar-refractivity contribution is -0.133. The van der Waals surface area contributed by atoms with Crippen LogP contribution in [0.5, 0.6) is 0 Å². The van der Waals surface area contributed by atoms with Crippen LogP contribution in [-0.2, 0) is 20.7 Å². The van der Waals surface area contributed by atoms with Gasteiger partial charge in [-0.25, -0.2) is 19.6 Å². The van der Waals surface area contributed by atoms with Crippen LogP contribution in [0.1, 0.15) is 17.8 Å². The number of rotatable bonds is 7. The Balaban J connectivity index is 1.36. The van der Waals surface area contributed by atoms with E-state index in [0.29, 0.717) is 62.0 Å². The predicted octanol–water partition coefficient (Wildman–Crippen LogP) is 2.76. The molecule has 0 bridgehead atoms. The normalized spacial score (nSPS) is 18.6. The molecule has 9 nitrogen and oxygen atoms in total. The van der Waals surface area contributed by atoms with Gasteiger partial charge in [0.1, 0.15) is 16.9 Å². The lowest BCUT2D eigenvalue weighted by Crippen LogP contribution is -2.44. The number of benzene rings is 1. The molecular weight excluding hydrogens is 481 g/mol. The maximum absolute atomic E-state index is 15.1. The molecule has 12 heteroatoms. The number of amides is 2. The first kappa shape index (κ1) is 24.3. The van der Waals surface area contributed by atoms with Gasteiger partial charge in [-0.1, -0.05) is 0 Å². The molecule has 4 rings (SSSR count). The SMILES string of the molecule is COC(=S)CC[C@H]1CN(c2ccc(N3CCNN(C(=O)Cc4nccs4)CC3)c(F)c2)C(=O)O1. The number of halogens is 1. The van der Waals surface area contributed by atoms with E-state index in [1.165, 1.54) is 29.4 Å². The Morgan fingerprint density at radius 3 is 2.97 bits per heavy atom. The second-order valence-corrected chi connectivity index (χ2v) is 9.34. The molecule has 0 saturated carbocycles. The maximum Gasteiger partial charge on any atom is 0.414 e. The van der Waals surface area contributed by atoms with Crippen LogP contribution in [0.4, 0.5) is 20.6 Å². The number of hydrogen-bond acceptors (Lipinski definition) is 9. The van der Waals surface area contributed by atoms with Crippen LogP contribution in [-0.4, -0.2) is 73.0 Å². The number of thiazole rings is 1. The first-order chi connectivity index (χ1) is 16.4. The summed E-state index contributed by atoms with van der Waals surface area (Å²) in [4.78, 5) is 32.3. The van der Waals surface area contributed by atoms with Crippen molar-refractivity contribution in [2.45, 2.75) is 25.4 Å². The topological polar surface area (TPSA) is 87.2 Å². The van der Waals surface area contributed by atoms with Crippen molar-refractivity contribution in [3.05, 3.63) is 40.6 Å². The second kappa shape index (κ2) is 11.1. The van der Waals surface area contributed by atoms with E-state index in [1.54, 1.807) is 23.3 Å². The zero-order valence-electron chi connectivity index (χ0n) is 18.7. The summed E-state index contributed by atoms with van der Waals surface area (Å²) in [6, 6.07) is 4.73. The number of cyclic esters (lactones) is 1. The monoisotopic (exact) mass is 507 g/mol. The molecule has 2 aromatic rings. The fourth-order valence-electron chi connectivity index (χ4n) is 3.93. The molecule has 1 N–H and O–H groups in total. The number of ether oxygens (including phenoxy) is 2. The lowest BCUT2D eigenvalue weighted by Gasteiger charge is -2.24. The summed E-state index contributed by atoms with van der Waals surface area (Å²) in [6.07, 6.45) is 2.14. The second-order valence-electron chi connectivity index (χ2n) is 7.91. The van der Waals surface area contributed by atoms with E-state index >= 15 is 4.39 Å². The van der Waals surface area contributed by atoms with E-state index in [1.807, 2.05) is 10.3 Å². The fourth-order valence-corrected chi connectivity index (χ4v) is 4.66. The van der Waals surface area contributed by atoms with Crippen molar-refractivity contribution in [1.82, 2.24) is 15.4 Å². The molecule has 2 aliphatic rings. The summed E-state index contributed by atoms with van der Waals surface area (Å²) >= 11 is 6.48. The average molecular weight is 508 g/mol. The quantitative estimate of drug-likeness (QED) is 0.573. The summed E-state index contributed by atoms with van der Waals surface area (Å²) in [5.41, 5.74) is 3.98. The van der Waals surface area contributed by atoms with E-state index in [9.17, 15) is 9.59 Å². The molecule has 182 valence electrons. The number of hydrazine groups is 1. The van der Waals surface area contributed by atoms with E-state index in [-0.39, 0.29) is 18.4 Å². The smallest absolute Gasteiger partial charge is 0.414 e. The summed E-state index contributed by atoms with van der Waals surface area (Å²) in [6.45, 7) is 2.24. The predicted molar refractivity (Wildman–Crippen MR) is 131 cm³/mol. The third-order valence-corrected chi connectivity index (χ3v) is 6.87. The molecule has 3 heterocycles. The van der Waals surface area contributed by atoms with Gasteiger partial charge < -0.3 is 14.4 Å². The highest BCUT2D eigenvalue weighted by Crippen LogP contribution is 2.29. The molecule has 1 atom stereocenters. The molecule has 2 fully saturated rings. The van der Waals surface area contributed by atoms with Gasteiger partial charge in [0.25, 0.3) is 0 Å². The van der Waals surface area contributed by atoms with Gasteiger partial charge in [-0.3, -0.25) is 14.7 Å². The fraction of sp³-hybridized carbons (Fsp3) is 0.455. The van der Waals surface area contributed by atoms with Gasteiger partial charge in [0, 0.05) is 37.6 Å². The van der Waals surface area contributed by atoms with Crippen LogP contribution < -0.4 is 15.2 Å². The Morgan fingerprint density at radius 2 is 2.24 bits per heavy atom. The maximum atomic E-state index is 15.1. The Bertz CT molecular complexity index is 1040. The van der Waals surface area contributed by atoms with Crippen molar-refractivity contribution in [2.75, 3.05) is 49.6 Å². The summed E-state index contributed by atoms with van der Waals surface area (Å²) in [7, 11) is 1.51. The number of thiocarbonyl (C=S) groups is 1. The van der Waals surface area contributed by atoms with Crippen LogP contribution in [0.25, 0.3) is 0 Å². The van der Waals surface area contributed by atoms with Crippen molar-refractivity contribution in [3.8, 4) is 0 Å². The highest BCUT2D eigenvalue weighted by Gasteiger charge is 2.33. The first-order valence-electron chi connectivity index (χ1n) is 11.0. The highest BCUT2D eigenvalue weighted by atomic mass is 32.1. The molecular formula is C22H26FN5O4S2. The van der Waals surface area contributed by atoms with Gasteiger partial charge in [0.15, 0.2) is 5.05 Å². The Hall–Kier alpha value is -2.83. The van der Waals surface area contributed by atoms with Crippen LogP contribution in [0.3, 0.4) is 0 Å². The van der Waals surface area contributed by atoms with Crippen molar-refractivity contribution in [3.63, 3.8) is 0 Å². The number of methoxy groups -OCH3 is 1. The molecule has 2 aliphatic heterocycles. The number of nitrogens with zero attached hydrogens (tertiary/aromatic N) is 4. The number of hydrogen-bond donors (Lipinski definition) is 1. The lowest BCUT2D eigenvalue weighted by atomic mass is 10.2. The van der Waals surface area contributed by atoms with Crippen LogP contribution in [0.15, 0.2) is 29.8 Å². The Labute approximate surface area is 206 Å². The summed E-state index contributed by atoms with van der Waals surface area (Å²) in [5, 5.41) is 4.63. The van der Waals surface area contributed by atoms with Gasteiger partial charge in [-0.15, -0.1) is 11.3 Å². The third kappa shape index (κ3) is 5.80. The number of aromatic nitrogens is 1. The zero-order chi connectivity index (χ0) is 24.1. The van der Waals surface area contributed by atoms with Crippen molar-refractivity contribution in [1.29, 1.82) is 0 Å². The molecule has 2 amide bonds. The van der Waals surface area contributed by atoms with E-state index in [4.69, 9.17) is 21.7 Å². The zero-order valence-corrected chi connectivity index (χ0v) is 20.4. The molecule has 1 aromatic heterocycles. The minimum atomic E-state index is -0.506. The Kier molecular flexibility index (Phi) is 7.91. The number of anilines is 2. The average Bonchev–Trinajstić information content (AvgIpc) is 3.40.